The van der Waals surface area contributed by atoms with Crippen molar-refractivity contribution in [1.29, 1.82) is 0 Å². The average Bonchev–Trinajstić information content (AvgIpc) is 3.57. The topological polar surface area (TPSA) is 87.7 Å². The van der Waals surface area contributed by atoms with Crippen LogP contribution in [0.1, 0.15) is 35.7 Å². The van der Waals surface area contributed by atoms with Gasteiger partial charge in [0, 0.05) is 29.9 Å². The lowest BCUT2D eigenvalue weighted by atomic mass is 10.1. The van der Waals surface area contributed by atoms with Crippen LogP contribution >= 0.6 is 0 Å². The minimum Gasteiger partial charge on any atom is -0.497 e. The first-order valence-corrected chi connectivity index (χ1v) is 11.5. The van der Waals surface area contributed by atoms with Gasteiger partial charge in [0.05, 0.1) is 12.0 Å². The monoisotopic (exact) mass is 431 g/mol. The third-order valence-corrected chi connectivity index (χ3v) is 6.86. The lowest BCUT2D eigenvalue weighted by Gasteiger charge is -2.24. The fraction of sp³-hybridized carbons (Fsp3) is 0.409. The van der Waals surface area contributed by atoms with Gasteiger partial charge in [0.25, 0.3) is 15.9 Å². The third kappa shape index (κ3) is 5.31. The number of benzene rings is 2. The zero-order valence-corrected chi connectivity index (χ0v) is 18.6. The number of likely N-dealkylation sites (N-methyl/N-ethyl adjacent to an activating group) is 1. The van der Waals surface area contributed by atoms with Crippen molar-refractivity contribution < 1.29 is 17.9 Å². The molecule has 1 amide bonds. The highest BCUT2D eigenvalue weighted by Crippen LogP contribution is 2.27. The Balaban J connectivity index is 1.71. The highest BCUT2D eigenvalue weighted by Gasteiger charge is 2.29. The standard InChI is InChI=1S/C22H29N3O4S/c1-15-5-12-20(30(27,28)24-17-6-10-19(29-4)11-7-17)13-21(15)22(26)23-14-16(2)25(3)18-8-9-18/h5-7,10-13,16,18,24H,8-9,14H2,1-4H3,(H,23,26). The van der Waals surface area contributed by atoms with Gasteiger partial charge < -0.3 is 10.1 Å². The van der Waals surface area contributed by atoms with Crippen LogP contribution in [0.4, 0.5) is 5.69 Å². The molecule has 0 heterocycles. The predicted molar refractivity (Wildman–Crippen MR) is 118 cm³/mol. The molecule has 0 aliphatic heterocycles. The van der Waals surface area contributed by atoms with Crippen LogP contribution in [0.3, 0.4) is 0 Å². The van der Waals surface area contributed by atoms with Crippen molar-refractivity contribution in [2.24, 2.45) is 0 Å². The second-order valence-corrected chi connectivity index (χ2v) is 9.45. The average molecular weight is 432 g/mol. The Morgan fingerprint density at radius 2 is 1.87 bits per heavy atom. The van der Waals surface area contributed by atoms with Crippen LogP contribution in [-0.2, 0) is 10.0 Å². The van der Waals surface area contributed by atoms with Gasteiger partial charge >= 0.3 is 0 Å². The predicted octanol–water partition coefficient (Wildman–Crippen LogP) is 3.02. The number of rotatable bonds is 9. The zero-order chi connectivity index (χ0) is 21.9. The molecule has 8 heteroatoms. The van der Waals surface area contributed by atoms with Gasteiger partial charge in [0.1, 0.15) is 5.75 Å². The van der Waals surface area contributed by atoms with Gasteiger partial charge in [-0.3, -0.25) is 14.4 Å². The van der Waals surface area contributed by atoms with E-state index in [-0.39, 0.29) is 16.8 Å². The molecule has 0 radical (unpaired) electrons. The molecule has 0 aromatic heterocycles. The number of sulfonamides is 1. The van der Waals surface area contributed by atoms with Gasteiger partial charge in [-0.1, -0.05) is 6.07 Å². The van der Waals surface area contributed by atoms with E-state index in [1.165, 1.54) is 25.0 Å². The normalized spacial score (nSPS) is 15.0. The maximum Gasteiger partial charge on any atom is 0.261 e. The summed E-state index contributed by atoms with van der Waals surface area (Å²) in [5, 5.41) is 2.93. The van der Waals surface area contributed by atoms with Crippen LogP contribution in [0.2, 0.25) is 0 Å². The number of carbonyl (C=O) groups excluding carboxylic acids is 1. The largest absolute Gasteiger partial charge is 0.497 e. The van der Waals surface area contributed by atoms with Crippen LogP contribution in [0.5, 0.6) is 5.75 Å². The number of methoxy groups -OCH3 is 1. The SMILES string of the molecule is COc1ccc(NS(=O)(=O)c2ccc(C)c(C(=O)NCC(C)N(C)C3CC3)c2)cc1. The number of ether oxygens (including phenoxy) is 1. The smallest absolute Gasteiger partial charge is 0.261 e. The van der Waals surface area contributed by atoms with Gasteiger partial charge in [-0.25, -0.2) is 8.42 Å². The Morgan fingerprint density at radius 3 is 2.47 bits per heavy atom. The van der Waals surface area contributed by atoms with Gasteiger partial charge in [-0.05, 0) is 75.7 Å². The van der Waals surface area contributed by atoms with Crippen molar-refractivity contribution in [3.8, 4) is 5.75 Å². The summed E-state index contributed by atoms with van der Waals surface area (Å²) >= 11 is 0. The summed E-state index contributed by atoms with van der Waals surface area (Å²) < 4.78 is 33.2. The van der Waals surface area contributed by atoms with E-state index in [4.69, 9.17) is 4.74 Å². The molecule has 1 aliphatic rings. The first-order valence-electron chi connectivity index (χ1n) is 9.99. The molecule has 1 atom stereocenters. The van der Waals surface area contributed by atoms with E-state index in [0.717, 1.165) is 5.56 Å². The van der Waals surface area contributed by atoms with Crippen molar-refractivity contribution in [3.05, 3.63) is 53.6 Å². The number of aryl methyl sites for hydroxylation is 1. The van der Waals surface area contributed by atoms with Crippen molar-refractivity contribution in [2.75, 3.05) is 25.4 Å². The minimum absolute atomic E-state index is 0.0391. The Bertz CT molecular complexity index is 1000. The molecule has 1 unspecified atom stereocenters. The molecule has 30 heavy (non-hydrogen) atoms. The molecule has 2 N–H and O–H groups in total. The molecule has 0 bridgehead atoms. The Hall–Kier alpha value is -2.58. The number of anilines is 1. The number of hydrogen-bond donors (Lipinski definition) is 2. The second kappa shape index (κ2) is 9.06. The van der Waals surface area contributed by atoms with Gasteiger partial charge in [0.15, 0.2) is 0 Å². The van der Waals surface area contributed by atoms with E-state index in [1.54, 1.807) is 44.4 Å². The molecule has 2 aromatic rings. The fourth-order valence-corrected chi connectivity index (χ4v) is 4.29. The van der Waals surface area contributed by atoms with Gasteiger partial charge in [-0.2, -0.15) is 0 Å². The van der Waals surface area contributed by atoms with Crippen molar-refractivity contribution in [1.82, 2.24) is 10.2 Å². The number of nitrogens with zero attached hydrogens (tertiary/aromatic N) is 1. The molecular formula is C22H29N3O4S. The fourth-order valence-electron chi connectivity index (χ4n) is 3.21. The molecule has 0 saturated heterocycles. The van der Waals surface area contributed by atoms with E-state index in [0.29, 0.717) is 29.6 Å². The number of nitrogens with one attached hydrogen (secondary N) is 2. The van der Waals surface area contributed by atoms with Crippen molar-refractivity contribution in [2.45, 2.75) is 43.7 Å². The maximum absolute atomic E-state index is 12.8. The van der Waals surface area contributed by atoms with Crippen molar-refractivity contribution >= 4 is 21.6 Å². The highest BCUT2D eigenvalue weighted by atomic mass is 32.2. The van der Waals surface area contributed by atoms with Gasteiger partial charge in [-0.15, -0.1) is 0 Å². The number of carbonyl (C=O) groups is 1. The summed E-state index contributed by atoms with van der Waals surface area (Å²) in [5.41, 5.74) is 1.49. The Labute approximate surface area is 178 Å². The zero-order valence-electron chi connectivity index (χ0n) is 17.8. The van der Waals surface area contributed by atoms with E-state index in [1.807, 2.05) is 0 Å². The number of amides is 1. The molecule has 1 aliphatic carbocycles. The number of hydrogen-bond acceptors (Lipinski definition) is 5. The molecule has 162 valence electrons. The van der Waals surface area contributed by atoms with Gasteiger partial charge in [0.2, 0.25) is 0 Å². The summed E-state index contributed by atoms with van der Waals surface area (Å²) in [6.45, 7) is 4.37. The van der Waals surface area contributed by atoms with Crippen molar-refractivity contribution in [3.63, 3.8) is 0 Å². The minimum atomic E-state index is -3.83. The van der Waals surface area contributed by atoms with Crippen LogP contribution < -0.4 is 14.8 Å². The molecule has 0 spiro atoms. The maximum atomic E-state index is 12.8. The molecule has 2 aromatic carbocycles. The Kier molecular flexibility index (Phi) is 6.67. The van der Waals surface area contributed by atoms with Crippen LogP contribution in [0.25, 0.3) is 0 Å². The molecule has 7 nitrogen and oxygen atoms in total. The quantitative estimate of drug-likeness (QED) is 0.637. The van der Waals surface area contributed by atoms with Crippen LogP contribution in [-0.4, -0.2) is 52.0 Å². The van der Waals surface area contributed by atoms with E-state index < -0.39 is 10.0 Å². The lowest BCUT2D eigenvalue weighted by molar-refractivity contribution is 0.0938. The van der Waals surface area contributed by atoms with E-state index in [9.17, 15) is 13.2 Å². The summed E-state index contributed by atoms with van der Waals surface area (Å²) in [7, 11) is -0.221. The van der Waals surface area contributed by atoms with Crippen LogP contribution in [0, 0.1) is 6.92 Å². The first-order chi connectivity index (χ1) is 14.2. The molecule has 3 rings (SSSR count). The first kappa shape index (κ1) is 22.1. The second-order valence-electron chi connectivity index (χ2n) is 7.77. The Morgan fingerprint density at radius 1 is 1.20 bits per heavy atom. The molecule has 1 saturated carbocycles. The highest BCUT2D eigenvalue weighted by molar-refractivity contribution is 7.92. The third-order valence-electron chi connectivity index (χ3n) is 5.48. The van der Waals surface area contributed by atoms with E-state index in [2.05, 4.69) is 28.9 Å². The lowest BCUT2D eigenvalue weighted by Crippen LogP contribution is -2.41. The molecular weight excluding hydrogens is 402 g/mol. The summed E-state index contributed by atoms with van der Waals surface area (Å²) in [5.74, 6) is 0.360. The summed E-state index contributed by atoms with van der Waals surface area (Å²) in [6, 6.07) is 12.0. The summed E-state index contributed by atoms with van der Waals surface area (Å²) in [4.78, 5) is 15.0. The molecule has 1 fully saturated rings. The van der Waals surface area contributed by atoms with E-state index >= 15 is 0 Å². The van der Waals surface area contributed by atoms with Crippen LogP contribution in [0.15, 0.2) is 47.4 Å². The summed E-state index contributed by atoms with van der Waals surface area (Å²) in [6.07, 6.45) is 2.41.